The number of halogens is 3. The summed E-state index contributed by atoms with van der Waals surface area (Å²) in [6, 6.07) is 14.4. The number of pyridine rings is 1. The third-order valence-electron chi connectivity index (χ3n) is 5.35. The fraction of sp³-hybridized carbons (Fsp3) is 0.208. The van der Waals surface area contributed by atoms with Gasteiger partial charge in [-0.25, -0.2) is 9.37 Å². The highest BCUT2D eigenvalue weighted by Crippen LogP contribution is 2.35. The summed E-state index contributed by atoms with van der Waals surface area (Å²) >= 11 is 2.27. The van der Waals surface area contributed by atoms with Gasteiger partial charge in [-0.2, -0.15) is 0 Å². The average molecular weight is 553 g/mol. The molecule has 31 heavy (non-hydrogen) atoms. The van der Waals surface area contributed by atoms with E-state index in [1.54, 1.807) is 25.4 Å². The molecule has 0 fully saturated rings. The first-order chi connectivity index (χ1) is 14.5. The van der Waals surface area contributed by atoms with Crippen molar-refractivity contribution in [2.24, 2.45) is 0 Å². The molecule has 2 aromatic carbocycles. The smallest absolute Gasteiger partial charge is 0.162 e. The number of aromatic nitrogens is 2. The Morgan fingerprint density at radius 2 is 1.81 bits per heavy atom. The molecule has 2 heterocycles. The van der Waals surface area contributed by atoms with Crippen molar-refractivity contribution in [3.8, 4) is 11.5 Å². The minimum Gasteiger partial charge on any atom is -0.497 e. The minimum atomic E-state index is -0.254. The first kappa shape index (κ1) is 23.3. The van der Waals surface area contributed by atoms with E-state index < -0.39 is 0 Å². The van der Waals surface area contributed by atoms with Crippen molar-refractivity contribution >= 4 is 45.9 Å². The second-order valence-corrected chi connectivity index (χ2v) is 8.22. The fourth-order valence-electron chi connectivity index (χ4n) is 3.61. The number of hydrogen-bond acceptors (Lipinski definition) is 3. The number of methoxy groups -OCH3 is 1. The van der Waals surface area contributed by atoms with Crippen LogP contribution in [0.4, 0.5) is 4.39 Å². The van der Waals surface area contributed by atoms with Crippen LogP contribution in [0.3, 0.4) is 0 Å². The van der Waals surface area contributed by atoms with Crippen molar-refractivity contribution in [3.63, 3.8) is 0 Å². The van der Waals surface area contributed by atoms with Crippen LogP contribution >= 0.6 is 35.0 Å². The second-order valence-electron chi connectivity index (χ2n) is 7.20. The zero-order valence-electron chi connectivity index (χ0n) is 17.5. The number of hydrogen-bond donors (Lipinski definition) is 0. The number of fused-ring (bicyclic) bond motifs is 1. The Kier molecular flexibility index (Phi) is 7.43. The van der Waals surface area contributed by atoms with Crippen molar-refractivity contribution in [2.75, 3.05) is 7.11 Å². The van der Waals surface area contributed by atoms with Gasteiger partial charge in [-0.1, -0.05) is 24.3 Å². The third kappa shape index (κ3) is 4.80. The summed E-state index contributed by atoms with van der Waals surface area (Å²) in [5.74, 6) is 1.30. The summed E-state index contributed by atoms with van der Waals surface area (Å²) in [6.45, 7) is 5.28. The molecule has 0 saturated carbocycles. The van der Waals surface area contributed by atoms with Gasteiger partial charge in [0.25, 0.3) is 0 Å². The average Bonchev–Trinajstić information content (AvgIpc) is 3.00. The number of rotatable bonds is 6. The highest BCUT2D eigenvalue weighted by Gasteiger charge is 2.19. The van der Waals surface area contributed by atoms with Gasteiger partial charge >= 0.3 is 0 Å². The van der Waals surface area contributed by atoms with Crippen LogP contribution in [0.1, 0.15) is 22.4 Å². The van der Waals surface area contributed by atoms with E-state index in [4.69, 9.17) is 9.47 Å². The van der Waals surface area contributed by atoms with E-state index in [2.05, 4.69) is 52.1 Å². The Labute approximate surface area is 200 Å². The molecule has 7 heteroatoms. The van der Waals surface area contributed by atoms with Gasteiger partial charge in [-0.3, -0.25) is 0 Å². The lowest BCUT2D eigenvalue weighted by molar-refractivity contribution is 0.307. The molecule has 0 saturated heterocycles. The molecular weight excluding hydrogens is 530 g/mol. The van der Waals surface area contributed by atoms with Crippen LogP contribution in [0, 0.1) is 23.4 Å². The van der Waals surface area contributed by atoms with E-state index in [1.807, 2.05) is 18.2 Å². The molecule has 0 radical (unpaired) electrons. The van der Waals surface area contributed by atoms with Gasteiger partial charge in [-0.05, 0) is 77.4 Å². The van der Waals surface area contributed by atoms with E-state index in [1.165, 1.54) is 23.4 Å². The molecule has 0 aliphatic rings. The Balaban J connectivity index is 0.00000272. The summed E-state index contributed by atoms with van der Waals surface area (Å²) in [4.78, 5) is 4.55. The van der Waals surface area contributed by atoms with Crippen LogP contribution in [-0.4, -0.2) is 16.7 Å². The quantitative estimate of drug-likeness (QED) is 0.204. The van der Waals surface area contributed by atoms with Crippen LogP contribution in [0.2, 0.25) is 0 Å². The number of nitrogens with zero attached hydrogens (tertiary/aromatic N) is 2. The van der Waals surface area contributed by atoms with Crippen molar-refractivity contribution in [1.29, 1.82) is 0 Å². The molecule has 0 aliphatic carbocycles. The van der Waals surface area contributed by atoms with Crippen LogP contribution in [0.25, 0.3) is 10.9 Å². The molecule has 162 valence electrons. The molecule has 0 atom stereocenters. The molecule has 4 nitrogen and oxygen atoms in total. The predicted octanol–water partition coefficient (Wildman–Crippen LogP) is 6.45. The maximum Gasteiger partial charge on any atom is 0.162 e. The van der Waals surface area contributed by atoms with Gasteiger partial charge < -0.3 is 14.0 Å². The maximum absolute atomic E-state index is 13.2. The second kappa shape index (κ2) is 9.87. The van der Waals surface area contributed by atoms with Crippen molar-refractivity contribution in [3.05, 3.63) is 86.6 Å². The zero-order chi connectivity index (χ0) is 21.3. The van der Waals surface area contributed by atoms with Gasteiger partial charge in [0.2, 0.25) is 0 Å². The zero-order valence-corrected chi connectivity index (χ0v) is 20.5. The Bertz CT molecular complexity index is 1210. The molecule has 0 bridgehead atoms. The van der Waals surface area contributed by atoms with Gasteiger partial charge in [0.1, 0.15) is 21.9 Å². The summed E-state index contributed by atoms with van der Waals surface area (Å²) < 4.78 is 28.0. The monoisotopic (exact) mass is 552 g/mol. The summed E-state index contributed by atoms with van der Waals surface area (Å²) in [5.41, 5.74) is 5.44. The fourth-order valence-corrected chi connectivity index (χ4v) is 4.41. The van der Waals surface area contributed by atoms with E-state index in [9.17, 15) is 4.39 Å². The van der Waals surface area contributed by atoms with Crippen molar-refractivity contribution < 1.29 is 13.9 Å². The highest BCUT2D eigenvalue weighted by molar-refractivity contribution is 14.1. The summed E-state index contributed by atoms with van der Waals surface area (Å²) in [6.07, 6.45) is 1.77. The molecular formula is C24H23ClFIN2O2. The lowest BCUT2D eigenvalue weighted by Crippen LogP contribution is -2.05. The van der Waals surface area contributed by atoms with Gasteiger partial charge in [0.05, 0.1) is 18.8 Å². The SMILES string of the molecule is COc1cccc(Cn2c(C)c(C)c3c(I)ncc(OCc4ccc(F)cc4)c32)c1.Cl. The van der Waals surface area contributed by atoms with E-state index in [0.29, 0.717) is 18.9 Å². The van der Waals surface area contributed by atoms with Crippen LogP contribution in [-0.2, 0) is 13.2 Å². The Morgan fingerprint density at radius 1 is 1.06 bits per heavy atom. The Morgan fingerprint density at radius 3 is 2.52 bits per heavy atom. The van der Waals surface area contributed by atoms with Crippen LogP contribution in [0.15, 0.2) is 54.7 Å². The highest BCUT2D eigenvalue weighted by atomic mass is 127. The number of ether oxygens (including phenoxy) is 2. The van der Waals surface area contributed by atoms with Crippen LogP contribution in [0.5, 0.6) is 11.5 Å². The van der Waals surface area contributed by atoms with Crippen molar-refractivity contribution in [2.45, 2.75) is 27.0 Å². The standard InChI is InChI=1S/C24H22FIN2O2.ClH/c1-15-16(2)28(13-18-5-4-6-20(11-18)29-3)23-21(12-27-24(26)22(15)23)30-14-17-7-9-19(25)10-8-17;/h4-12H,13-14H2,1-3H3;1H. The van der Waals surface area contributed by atoms with E-state index in [0.717, 1.165) is 31.5 Å². The van der Waals surface area contributed by atoms with Gasteiger partial charge in [0, 0.05) is 17.6 Å². The number of benzene rings is 2. The Hall–Kier alpha value is -2.32. The molecule has 4 aromatic rings. The molecule has 0 spiro atoms. The molecule has 4 rings (SSSR count). The maximum atomic E-state index is 13.2. The van der Waals surface area contributed by atoms with Gasteiger partial charge in [0.15, 0.2) is 5.75 Å². The lowest BCUT2D eigenvalue weighted by Gasteiger charge is -2.14. The lowest BCUT2D eigenvalue weighted by atomic mass is 10.2. The van der Waals surface area contributed by atoms with Crippen LogP contribution < -0.4 is 9.47 Å². The van der Waals surface area contributed by atoms with Gasteiger partial charge in [-0.15, -0.1) is 12.4 Å². The summed E-state index contributed by atoms with van der Waals surface area (Å²) in [7, 11) is 1.68. The first-order valence-electron chi connectivity index (χ1n) is 9.62. The topological polar surface area (TPSA) is 36.3 Å². The molecule has 2 aromatic heterocycles. The molecule has 0 aliphatic heterocycles. The predicted molar refractivity (Wildman–Crippen MR) is 132 cm³/mol. The molecule has 0 N–H and O–H groups in total. The third-order valence-corrected chi connectivity index (χ3v) is 6.16. The van der Waals surface area contributed by atoms with E-state index in [-0.39, 0.29) is 18.2 Å². The number of aryl methyl sites for hydroxylation is 1. The largest absolute Gasteiger partial charge is 0.497 e. The van der Waals surface area contributed by atoms with Crippen molar-refractivity contribution in [1.82, 2.24) is 9.55 Å². The van der Waals surface area contributed by atoms with E-state index >= 15 is 0 Å². The first-order valence-corrected chi connectivity index (χ1v) is 10.7. The summed E-state index contributed by atoms with van der Waals surface area (Å²) in [5, 5.41) is 1.10. The normalized spacial score (nSPS) is 10.7. The minimum absolute atomic E-state index is 0. The molecule has 0 unspecified atom stereocenters. The molecule has 0 amide bonds.